The number of hydrogen-bond acceptors (Lipinski definition) is 2. The van der Waals surface area contributed by atoms with Crippen molar-refractivity contribution < 1.29 is 9.59 Å². The fourth-order valence-corrected chi connectivity index (χ4v) is 0.611. The highest BCUT2D eigenvalue weighted by molar-refractivity contribution is 6.66. The van der Waals surface area contributed by atoms with Gasteiger partial charge >= 0.3 is 0 Å². The highest BCUT2D eigenvalue weighted by Crippen LogP contribution is 1.90. The van der Waals surface area contributed by atoms with Crippen LogP contribution >= 0.6 is 11.6 Å². The largest absolute Gasteiger partial charge is 0.295 e. The maximum Gasteiger partial charge on any atom is 0.244 e. The van der Waals surface area contributed by atoms with Gasteiger partial charge in [0.2, 0.25) is 5.24 Å². The number of allylic oxidation sites excluding steroid dienone is 4. The maximum atomic E-state index is 10.7. The van der Waals surface area contributed by atoms with Crippen LogP contribution in [0.3, 0.4) is 0 Å². The first-order valence-electron chi connectivity index (χ1n) is 3.18. The zero-order chi connectivity index (χ0) is 8.69. The summed E-state index contributed by atoms with van der Waals surface area (Å²) < 4.78 is 0. The monoisotopic (exact) mass is 172 g/mol. The van der Waals surface area contributed by atoms with E-state index >= 15 is 0 Å². The third kappa shape index (κ3) is 7.00. The van der Waals surface area contributed by atoms with Crippen LogP contribution in [-0.2, 0) is 9.59 Å². The minimum Gasteiger partial charge on any atom is -0.295 e. The van der Waals surface area contributed by atoms with Gasteiger partial charge in [-0.25, -0.2) is 0 Å². The molecule has 0 saturated heterocycles. The van der Waals surface area contributed by atoms with Gasteiger partial charge in [0.1, 0.15) is 0 Å². The molecular weight excluding hydrogens is 164 g/mol. The Hall–Kier alpha value is -0.890. The third-order valence-corrected chi connectivity index (χ3v) is 1.05. The summed E-state index contributed by atoms with van der Waals surface area (Å²) in [6, 6.07) is 0. The minimum atomic E-state index is -0.557. The van der Waals surface area contributed by atoms with Gasteiger partial charge in [0.25, 0.3) is 0 Å². The van der Waals surface area contributed by atoms with E-state index in [-0.39, 0.29) is 12.2 Å². The fourth-order valence-electron chi connectivity index (χ4n) is 0.522. The van der Waals surface area contributed by atoms with Crippen molar-refractivity contribution in [3.63, 3.8) is 0 Å². The standard InChI is InChI=1S/C8H9ClO2/c1-2-4-7(10)5-3-6-8(9)11/h2-4,6H,5H2,1H3/b4-2+,6-3+. The molecule has 0 aromatic rings. The smallest absolute Gasteiger partial charge is 0.244 e. The lowest BCUT2D eigenvalue weighted by Gasteiger charge is -1.83. The molecule has 0 N–H and O–H groups in total. The number of carbonyl (C=O) groups excluding carboxylic acids is 2. The van der Waals surface area contributed by atoms with Crippen molar-refractivity contribution in [2.24, 2.45) is 0 Å². The van der Waals surface area contributed by atoms with Crippen molar-refractivity contribution in [3.05, 3.63) is 24.3 Å². The van der Waals surface area contributed by atoms with Gasteiger partial charge in [-0.2, -0.15) is 0 Å². The topological polar surface area (TPSA) is 34.1 Å². The molecule has 0 amide bonds. The van der Waals surface area contributed by atoms with E-state index < -0.39 is 5.24 Å². The van der Waals surface area contributed by atoms with Gasteiger partial charge in [-0.05, 0) is 30.7 Å². The van der Waals surface area contributed by atoms with Gasteiger partial charge in [0.05, 0.1) is 0 Å². The Morgan fingerprint density at radius 3 is 2.45 bits per heavy atom. The summed E-state index contributed by atoms with van der Waals surface area (Å²) in [5, 5.41) is -0.557. The Bertz CT molecular complexity index is 204. The molecule has 0 aliphatic carbocycles. The second-order valence-corrected chi connectivity index (χ2v) is 2.25. The average Bonchev–Trinajstić information content (AvgIpc) is 1.87. The second kappa shape index (κ2) is 5.86. The fraction of sp³-hybridized carbons (Fsp3) is 0.250. The molecule has 0 fully saturated rings. The quantitative estimate of drug-likeness (QED) is 0.479. The van der Waals surface area contributed by atoms with Crippen LogP contribution in [0.5, 0.6) is 0 Å². The predicted molar refractivity (Wildman–Crippen MR) is 44.4 cm³/mol. The predicted octanol–water partition coefficient (Wildman–Crippen LogP) is 1.84. The number of hydrogen-bond donors (Lipinski definition) is 0. The zero-order valence-corrected chi connectivity index (χ0v) is 6.97. The van der Waals surface area contributed by atoms with Crippen LogP contribution < -0.4 is 0 Å². The van der Waals surface area contributed by atoms with Crippen molar-refractivity contribution in [3.8, 4) is 0 Å². The molecule has 0 spiro atoms. The Kier molecular flexibility index (Phi) is 5.39. The molecule has 0 bridgehead atoms. The summed E-state index contributed by atoms with van der Waals surface area (Å²) >= 11 is 4.98. The first-order chi connectivity index (χ1) is 5.16. The molecule has 0 aliphatic heterocycles. The van der Waals surface area contributed by atoms with Crippen molar-refractivity contribution in [1.29, 1.82) is 0 Å². The van der Waals surface area contributed by atoms with Gasteiger partial charge in [-0.3, -0.25) is 9.59 Å². The molecule has 0 saturated carbocycles. The first-order valence-corrected chi connectivity index (χ1v) is 3.56. The van der Waals surface area contributed by atoms with Crippen LogP contribution in [0, 0.1) is 0 Å². The summed E-state index contributed by atoms with van der Waals surface area (Å²) in [5.74, 6) is -0.0401. The number of ketones is 1. The lowest BCUT2D eigenvalue weighted by Crippen LogP contribution is -1.88. The van der Waals surface area contributed by atoms with Crippen LogP contribution in [0.15, 0.2) is 24.3 Å². The number of rotatable bonds is 4. The highest BCUT2D eigenvalue weighted by Gasteiger charge is 1.91. The van der Waals surface area contributed by atoms with Gasteiger partial charge < -0.3 is 0 Å². The van der Waals surface area contributed by atoms with Crippen molar-refractivity contribution in [2.45, 2.75) is 13.3 Å². The second-order valence-electron chi connectivity index (χ2n) is 1.88. The molecule has 0 aliphatic rings. The molecule has 0 unspecified atom stereocenters. The Morgan fingerprint density at radius 2 is 2.00 bits per heavy atom. The number of carbonyl (C=O) groups is 2. The number of halogens is 1. The first kappa shape index (κ1) is 10.1. The SMILES string of the molecule is C/C=C/C(=O)C/C=C/C(=O)Cl. The van der Waals surface area contributed by atoms with Gasteiger partial charge in [0, 0.05) is 6.42 Å². The van der Waals surface area contributed by atoms with Gasteiger partial charge in [-0.15, -0.1) is 0 Å². The zero-order valence-electron chi connectivity index (χ0n) is 6.21. The summed E-state index contributed by atoms with van der Waals surface area (Å²) in [4.78, 5) is 20.9. The van der Waals surface area contributed by atoms with Crippen LogP contribution in [-0.4, -0.2) is 11.0 Å². The van der Waals surface area contributed by atoms with E-state index in [9.17, 15) is 9.59 Å². The molecule has 0 aromatic heterocycles. The molecule has 0 rings (SSSR count). The highest BCUT2D eigenvalue weighted by atomic mass is 35.5. The van der Waals surface area contributed by atoms with Crippen molar-refractivity contribution >= 4 is 22.6 Å². The summed E-state index contributed by atoms with van der Waals surface area (Å²) in [6.07, 6.45) is 5.94. The van der Waals surface area contributed by atoms with Crippen LogP contribution in [0.25, 0.3) is 0 Å². The molecule has 60 valence electrons. The molecule has 0 aromatic carbocycles. The average molecular weight is 173 g/mol. The van der Waals surface area contributed by atoms with Crippen molar-refractivity contribution in [2.75, 3.05) is 0 Å². The molecule has 11 heavy (non-hydrogen) atoms. The van der Waals surface area contributed by atoms with Gasteiger partial charge in [0.15, 0.2) is 5.78 Å². The van der Waals surface area contributed by atoms with E-state index in [0.29, 0.717) is 0 Å². The van der Waals surface area contributed by atoms with E-state index in [1.807, 2.05) is 0 Å². The summed E-state index contributed by atoms with van der Waals surface area (Å²) in [7, 11) is 0. The summed E-state index contributed by atoms with van der Waals surface area (Å²) in [6.45, 7) is 1.76. The normalized spacial score (nSPS) is 11.1. The lowest BCUT2D eigenvalue weighted by atomic mass is 10.2. The van der Waals surface area contributed by atoms with E-state index in [1.54, 1.807) is 13.0 Å². The van der Waals surface area contributed by atoms with E-state index in [1.165, 1.54) is 18.2 Å². The maximum absolute atomic E-state index is 10.7. The van der Waals surface area contributed by atoms with Crippen LogP contribution in [0.1, 0.15) is 13.3 Å². The third-order valence-electron chi connectivity index (χ3n) is 0.920. The molecule has 3 heteroatoms. The van der Waals surface area contributed by atoms with E-state index in [2.05, 4.69) is 0 Å². The Balaban J connectivity index is 3.70. The lowest BCUT2D eigenvalue weighted by molar-refractivity contribution is -0.113. The van der Waals surface area contributed by atoms with Gasteiger partial charge in [-0.1, -0.05) is 12.2 Å². The Morgan fingerprint density at radius 1 is 1.36 bits per heavy atom. The summed E-state index contributed by atoms with van der Waals surface area (Å²) in [5.41, 5.74) is 0. The van der Waals surface area contributed by atoms with Crippen molar-refractivity contribution in [1.82, 2.24) is 0 Å². The van der Waals surface area contributed by atoms with Crippen LogP contribution in [0.2, 0.25) is 0 Å². The molecular formula is C8H9ClO2. The van der Waals surface area contributed by atoms with E-state index in [4.69, 9.17) is 11.6 Å². The van der Waals surface area contributed by atoms with Crippen LogP contribution in [0.4, 0.5) is 0 Å². The molecule has 0 radical (unpaired) electrons. The molecule has 2 nitrogen and oxygen atoms in total. The Labute approximate surface area is 70.5 Å². The van der Waals surface area contributed by atoms with E-state index in [0.717, 1.165) is 0 Å². The molecule has 0 heterocycles. The molecule has 0 atom stereocenters. The minimum absolute atomic E-state index is 0.0401.